The standard InChI is InChI=1S/C24H23N3O5/c1-3-30-24(28)23-26(18-5-7-19(29-2)8-6-18)14-17-10-11-25-22(17)27(23)13-16-4-9-20-21(12-16)32-15-31-20/h4-12,14,23H,3,13,15H2,1-2H3. The molecule has 0 aliphatic carbocycles. The summed E-state index contributed by atoms with van der Waals surface area (Å²) < 4.78 is 21.7. The summed E-state index contributed by atoms with van der Waals surface area (Å²) in [5.74, 6) is 2.53. The quantitative estimate of drug-likeness (QED) is 0.646. The molecular formula is C24H23N3O5. The number of carbonyl (C=O) groups excluding carboxylic acids is 1. The van der Waals surface area contributed by atoms with Gasteiger partial charge in [0.1, 0.15) is 11.6 Å². The highest BCUT2D eigenvalue weighted by molar-refractivity contribution is 6.07. The van der Waals surface area contributed by atoms with Gasteiger partial charge in [-0.05, 0) is 55.0 Å². The van der Waals surface area contributed by atoms with Gasteiger partial charge in [0, 0.05) is 30.2 Å². The minimum Gasteiger partial charge on any atom is -0.497 e. The number of ether oxygens (including phenoxy) is 4. The van der Waals surface area contributed by atoms with Crippen LogP contribution in [0.4, 0.5) is 5.69 Å². The molecule has 3 aliphatic rings. The van der Waals surface area contributed by atoms with Gasteiger partial charge in [-0.1, -0.05) is 6.07 Å². The zero-order valence-corrected chi connectivity index (χ0v) is 17.9. The van der Waals surface area contributed by atoms with Crippen molar-refractivity contribution in [2.24, 2.45) is 4.99 Å². The van der Waals surface area contributed by atoms with Crippen LogP contribution < -0.4 is 19.1 Å². The van der Waals surface area contributed by atoms with Crippen LogP contribution in [0.2, 0.25) is 0 Å². The van der Waals surface area contributed by atoms with Crippen LogP contribution in [0.25, 0.3) is 0 Å². The normalized spacial score (nSPS) is 18.2. The first-order valence-electron chi connectivity index (χ1n) is 10.4. The highest BCUT2D eigenvalue weighted by Gasteiger charge is 2.40. The first-order chi connectivity index (χ1) is 15.7. The molecule has 0 radical (unpaired) electrons. The van der Waals surface area contributed by atoms with E-state index in [0.29, 0.717) is 12.3 Å². The summed E-state index contributed by atoms with van der Waals surface area (Å²) in [6.45, 7) is 2.73. The molecule has 3 heterocycles. The summed E-state index contributed by atoms with van der Waals surface area (Å²) >= 11 is 0. The molecule has 8 nitrogen and oxygen atoms in total. The molecule has 0 amide bonds. The van der Waals surface area contributed by atoms with E-state index in [0.717, 1.165) is 34.2 Å². The van der Waals surface area contributed by atoms with E-state index in [9.17, 15) is 4.79 Å². The van der Waals surface area contributed by atoms with Gasteiger partial charge in [-0.2, -0.15) is 0 Å². The third kappa shape index (κ3) is 3.53. The average molecular weight is 433 g/mol. The van der Waals surface area contributed by atoms with Gasteiger partial charge < -0.3 is 28.7 Å². The van der Waals surface area contributed by atoms with E-state index in [-0.39, 0.29) is 19.4 Å². The summed E-state index contributed by atoms with van der Waals surface area (Å²) in [7, 11) is 1.62. The predicted molar refractivity (Wildman–Crippen MR) is 119 cm³/mol. The largest absolute Gasteiger partial charge is 0.497 e. The first-order valence-corrected chi connectivity index (χ1v) is 10.4. The first kappa shape index (κ1) is 20.0. The Hall–Kier alpha value is -3.94. The van der Waals surface area contributed by atoms with Crippen LogP contribution in [0.15, 0.2) is 71.5 Å². The molecule has 1 atom stereocenters. The molecule has 2 aromatic carbocycles. The fourth-order valence-corrected chi connectivity index (χ4v) is 3.99. The number of methoxy groups -OCH3 is 1. The van der Waals surface area contributed by atoms with E-state index in [2.05, 4.69) is 4.99 Å². The Balaban J connectivity index is 1.55. The summed E-state index contributed by atoms with van der Waals surface area (Å²) in [6, 6.07) is 13.4. The second-order valence-corrected chi connectivity index (χ2v) is 7.40. The monoisotopic (exact) mass is 433 g/mol. The number of hydrogen-bond acceptors (Lipinski definition) is 8. The fourth-order valence-electron chi connectivity index (χ4n) is 3.99. The smallest absolute Gasteiger partial charge is 0.350 e. The van der Waals surface area contributed by atoms with Crippen LogP contribution in [-0.2, 0) is 16.1 Å². The highest BCUT2D eigenvalue weighted by atomic mass is 16.7. The van der Waals surface area contributed by atoms with Crippen molar-refractivity contribution in [1.82, 2.24) is 4.90 Å². The van der Waals surface area contributed by atoms with Crippen molar-refractivity contribution in [3.05, 3.63) is 72.1 Å². The molecular weight excluding hydrogens is 410 g/mol. The second-order valence-electron chi connectivity index (χ2n) is 7.40. The van der Waals surface area contributed by atoms with Gasteiger partial charge in [-0.15, -0.1) is 0 Å². The number of benzene rings is 2. The number of nitrogens with zero attached hydrogens (tertiary/aromatic N) is 3. The number of hydrogen-bond donors (Lipinski definition) is 0. The van der Waals surface area contributed by atoms with Crippen LogP contribution in [0, 0.1) is 0 Å². The molecule has 8 heteroatoms. The maximum absolute atomic E-state index is 13.2. The number of esters is 1. The lowest BCUT2D eigenvalue weighted by atomic mass is 10.1. The summed E-state index contributed by atoms with van der Waals surface area (Å²) in [5.41, 5.74) is 2.72. The van der Waals surface area contributed by atoms with Crippen molar-refractivity contribution in [3.8, 4) is 17.2 Å². The van der Waals surface area contributed by atoms with Crippen LogP contribution in [0.3, 0.4) is 0 Å². The summed E-state index contributed by atoms with van der Waals surface area (Å²) in [4.78, 5) is 21.6. The molecule has 0 fully saturated rings. The van der Waals surface area contributed by atoms with Crippen LogP contribution in [0.1, 0.15) is 12.5 Å². The molecule has 0 bridgehead atoms. The van der Waals surface area contributed by atoms with Crippen LogP contribution in [0.5, 0.6) is 17.2 Å². The van der Waals surface area contributed by atoms with E-state index >= 15 is 0 Å². The lowest BCUT2D eigenvalue weighted by Crippen LogP contribution is -2.57. The lowest BCUT2D eigenvalue weighted by Gasteiger charge is -2.42. The Labute approximate surface area is 186 Å². The Bertz CT molecular complexity index is 1120. The van der Waals surface area contributed by atoms with E-state index in [4.69, 9.17) is 18.9 Å². The molecule has 3 aliphatic heterocycles. The van der Waals surface area contributed by atoms with Crippen molar-refractivity contribution in [2.75, 3.05) is 25.4 Å². The van der Waals surface area contributed by atoms with Gasteiger partial charge in [-0.3, -0.25) is 0 Å². The third-order valence-electron chi connectivity index (χ3n) is 5.48. The van der Waals surface area contributed by atoms with E-state index in [1.54, 1.807) is 20.2 Å². The van der Waals surface area contributed by atoms with Crippen LogP contribution >= 0.6 is 0 Å². The number of carbonyl (C=O) groups is 1. The van der Waals surface area contributed by atoms with Gasteiger partial charge in [0.2, 0.25) is 13.0 Å². The minimum atomic E-state index is -0.726. The molecule has 0 saturated heterocycles. The molecule has 0 N–H and O–H groups in total. The molecule has 0 saturated carbocycles. The van der Waals surface area contributed by atoms with E-state index in [1.807, 2.05) is 64.5 Å². The molecule has 5 rings (SSSR count). The zero-order chi connectivity index (χ0) is 22.1. The third-order valence-corrected chi connectivity index (χ3v) is 5.48. The van der Waals surface area contributed by atoms with Crippen molar-refractivity contribution >= 4 is 17.5 Å². The number of rotatable bonds is 6. The molecule has 2 aromatic rings. The highest BCUT2D eigenvalue weighted by Crippen LogP contribution is 2.35. The maximum atomic E-state index is 13.2. The van der Waals surface area contributed by atoms with E-state index < -0.39 is 6.17 Å². The molecule has 1 unspecified atom stereocenters. The van der Waals surface area contributed by atoms with Gasteiger partial charge in [-0.25, -0.2) is 9.79 Å². The molecule has 0 spiro atoms. The summed E-state index contributed by atoms with van der Waals surface area (Å²) in [5, 5.41) is 0. The fraction of sp³-hybridized carbons (Fsp3) is 0.250. The summed E-state index contributed by atoms with van der Waals surface area (Å²) in [6.07, 6.45) is 4.88. The maximum Gasteiger partial charge on any atom is 0.350 e. The van der Waals surface area contributed by atoms with Crippen molar-refractivity contribution in [3.63, 3.8) is 0 Å². The Kier molecular flexibility index (Phi) is 5.18. The van der Waals surface area contributed by atoms with E-state index in [1.165, 1.54) is 0 Å². The Morgan fingerprint density at radius 1 is 1.16 bits per heavy atom. The van der Waals surface area contributed by atoms with Gasteiger partial charge in [0.05, 0.1) is 13.7 Å². The number of anilines is 1. The number of fused-ring (bicyclic) bond motifs is 2. The molecule has 0 aromatic heterocycles. The molecule has 164 valence electrons. The average Bonchev–Trinajstić information content (AvgIpc) is 3.48. The van der Waals surface area contributed by atoms with Gasteiger partial charge in [0.25, 0.3) is 0 Å². The van der Waals surface area contributed by atoms with Crippen LogP contribution in [-0.4, -0.2) is 43.4 Å². The molecule has 32 heavy (non-hydrogen) atoms. The van der Waals surface area contributed by atoms with Crippen molar-refractivity contribution in [2.45, 2.75) is 19.6 Å². The topological polar surface area (TPSA) is 72.8 Å². The lowest BCUT2D eigenvalue weighted by molar-refractivity contribution is -0.148. The van der Waals surface area contributed by atoms with Gasteiger partial charge >= 0.3 is 5.97 Å². The SMILES string of the molecule is CCOC(=O)C1N(Cc2ccc3c(c2)OCO3)C2=NC=CC2=CN1c1ccc(OC)cc1. The minimum absolute atomic E-state index is 0.211. The Morgan fingerprint density at radius 3 is 2.75 bits per heavy atom. The van der Waals surface area contributed by atoms with Crippen molar-refractivity contribution in [1.29, 1.82) is 0 Å². The second kappa shape index (κ2) is 8.30. The number of aliphatic imine (C=N–C) groups is 1. The van der Waals surface area contributed by atoms with Gasteiger partial charge in [0.15, 0.2) is 11.5 Å². The van der Waals surface area contributed by atoms with Crippen molar-refractivity contribution < 1.29 is 23.7 Å². The predicted octanol–water partition coefficient (Wildman–Crippen LogP) is 3.45. The number of amidine groups is 1. The Morgan fingerprint density at radius 2 is 1.97 bits per heavy atom. The zero-order valence-electron chi connectivity index (χ0n) is 17.9.